The van der Waals surface area contributed by atoms with Gasteiger partial charge in [0.15, 0.2) is 0 Å². The molecule has 0 unspecified atom stereocenters. The summed E-state index contributed by atoms with van der Waals surface area (Å²) in [6, 6.07) is 32.6. The molecular formula is C26H22N2O2. The summed E-state index contributed by atoms with van der Waals surface area (Å²) in [7, 11) is 0. The summed E-state index contributed by atoms with van der Waals surface area (Å²) in [6.45, 7) is 0.396. The fraction of sp³-hybridized carbons (Fsp3) is 0.115. The lowest BCUT2D eigenvalue weighted by Crippen LogP contribution is -2.33. The Morgan fingerprint density at radius 1 is 0.800 bits per heavy atom. The zero-order valence-corrected chi connectivity index (χ0v) is 16.5. The molecule has 4 nitrogen and oxygen atoms in total. The van der Waals surface area contributed by atoms with Crippen LogP contribution in [0, 0.1) is 11.3 Å². The van der Waals surface area contributed by atoms with Crippen LogP contribution in [-0.4, -0.2) is 6.61 Å². The van der Waals surface area contributed by atoms with Crippen molar-refractivity contribution >= 4 is 5.69 Å². The summed E-state index contributed by atoms with van der Waals surface area (Å²) < 4.78 is 11.9. The van der Waals surface area contributed by atoms with Crippen LogP contribution < -0.4 is 5.73 Å². The maximum absolute atomic E-state index is 9.08. The molecule has 4 rings (SSSR count). The van der Waals surface area contributed by atoms with E-state index in [1.54, 1.807) is 0 Å². The first-order chi connectivity index (χ1) is 14.8. The number of rotatable bonds is 7. The molecule has 0 aliphatic heterocycles. The van der Waals surface area contributed by atoms with Crippen molar-refractivity contribution in [3.63, 3.8) is 0 Å². The Bertz CT molecular complexity index is 1030. The van der Waals surface area contributed by atoms with E-state index in [1.165, 1.54) is 6.26 Å². The number of ether oxygens (including phenoxy) is 1. The molecule has 1 aromatic heterocycles. The molecule has 0 amide bonds. The van der Waals surface area contributed by atoms with Gasteiger partial charge < -0.3 is 14.9 Å². The summed E-state index contributed by atoms with van der Waals surface area (Å²) in [5.74, 6) is 0.144. The molecular weight excluding hydrogens is 372 g/mol. The number of furan rings is 1. The van der Waals surface area contributed by atoms with Crippen LogP contribution in [0.25, 0.3) is 0 Å². The van der Waals surface area contributed by atoms with Crippen LogP contribution in [0.5, 0.6) is 0 Å². The summed E-state index contributed by atoms with van der Waals surface area (Å²) >= 11 is 0. The van der Waals surface area contributed by atoms with Crippen molar-refractivity contribution in [1.82, 2.24) is 0 Å². The minimum atomic E-state index is -0.777. The van der Waals surface area contributed by atoms with Crippen LogP contribution >= 0.6 is 0 Å². The first-order valence-corrected chi connectivity index (χ1v) is 9.82. The molecule has 0 atom stereocenters. The number of anilines is 1. The first-order valence-electron chi connectivity index (χ1n) is 9.82. The monoisotopic (exact) mass is 394 g/mol. The quantitative estimate of drug-likeness (QED) is 0.433. The van der Waals surface area contributed by atoms with Crippen molar-refractivity contribution in [2.75, 3.05) is 12.3 Å². The fourth-order valence-corrected chi connectivity index (χ4v) is 3.77. The van der Waals surface area contributed by atoms with Gasteiger partial charge in [0.2, 0.25) is 5.76 Å². The third-order valence-electron chi connectivity index (χ3n) is 5.24. The van der Waals surface area contributed by atoms with E-state index >= 15 is 0 Å². The van der Waals surface area contributed by atoms with Gasteiger partial charge in [-0.3, -0.25) is 0 Å². The number of nitrogens with two attached hydrogens (primary N) is 1. The molecule has 0 fully saturated rings. The van der Waals surface area contributed by atoms with Crippen LogP contribution in [0.4, 0.5) is 5.69 Å². The lowest BCUT2D eigenvalue weighted by molar-refractivity contribution is 0.0148. The molecule has 1 heterocycles. The first kappa shape index (κ1) is 19.5. The standard InChI is InChI=1S/C26H22N2O2/c27-18-24-25(28)20(19-29-24)16-17-30-26(21-10-4-1-5-11-21,22-12-6-2-7-13-22)23-14-8-3-9-15-23/h1-15,19H,16-17,28H2. The van der Waals surface area contributed by atoms with Crippen LogP contribution in [0.1, 0.15) is 28.0 Å². The molecule has 30 heavy (non-hydrogen) atoms. The Kier molecular flexibility index (Phi) is 5.65. The lowest BCUT2D eigenvalue weighted by Gasteiger charge is -2.36. The summed E-state index contributed by atoms with van der Waals surface area (Å²) in [4.78, 5) is 0. The molecule has 0 saturated heterocycles. The molecule has 3 aromatic carbocycles. The molecule has 2 N–H and O–H groups in total. The molecule has 148 valence electrons. The molecule has 0 bridgehead atoms. The maximum atomic E-state index is 9.08. The summed E-state index contributed by atoms with van der Waals surface area (Å²) in [6.07, 6.45) is 2.07. The molecule has 0 spiro atoms. The average molecular weight is 394 g/mol. The normalized spacial score (nSPS) is 11.2. The van der Waals surface area contributed by atoms with E-state index in [1.807, 2.05) is 60.7 Å². The van der Waals surface area contributed by atoms with Crippen molar-refractivity contribution in [2.24, 2.45) is 0 Å². The predicted molar refractivity (Wildman–Crippen MR) is 117 cm³/mol. The fourth-order valence-electron chi connectivity index (χ4n) is 3.77. The Hall–Kier alpha value is -3.81. The highest BCUT2D eigenvalue weighted by atomic mass is 16.5. The van der Waals surface area contributed by atoms with E-state index in [9.17, 15) is 0 Å². The van der Waals surface area contributed by atoms with Gasteiger partial charge in [-0.15, -0.1) is 0 Å². The predicted octanol–water partition coefficient (Wildman–Crippen LogP) is 5.28. The largest absolute Gasteiger partial charge is 0.451 e. The Morgan fingerprint density at radius 2 is 1.27 bits per heavy atom. The van der Waals surface area contributed by atoms with Gasteiger partial charge in [-0.05, 0) is 16.7 Å². The number of hydrogen-bond acceptors (Lipinski definition) is 4. The molecule has 0 aliphatic rings. The smallest absolute Gasteiger partial charge is 0.226 e. The SMILES string of the molecule is N#Cc1occ(CCOC(c2ccccc2)(c2ccccc2)c2ccccc2)c1N. The van der Waals surface area contributed by atoms with Gasteiger partial charge in [0, 0.05) is 12.0 Å². The van der Waals surface area contributed by atoms with Gasteiger partial charge in [0.1, 0.15) is 11.7 Å². The van der Waals surface area contributed by atoms with Gasteiger partial charge in [-0.25, -0.2) is 0 Å². The number of nitriles is 1. The molecule has 0 saturated carbocycles. The zero-order chi connectivity index (χ0) is 20.8. The number of nitrogens with zero attached hydrogens (tertiary/aromatic N) is 1. The van der Waals surface area contributed by atoms with E-state index in [0.717, 1.165) is 22.3 Å². The van der Waals surface area contributed by atoms with Crippen LogP contribution in [0.2, 0.25) is 0 Å². The number of benzene rings is 3. The zero-order valence-electron chi connectivity index (χ0n) is 16.5. The van der Waals surface area contributed by atoms with Gasteiger partial charge >= 0.3 is 0 Å². The minimum absolute atomic E-state index is 0.144. The highest BCUT2D eigenvalue weighted by molar-refractivity contribution is 5.54. The van der Waals surface area contributed by atoms with Gasteiger partial charge in [0.25, 0.3) is 0 Å². The highest BCUT2D eigenvalue weighted by Gasteiger charge is 2.37. The van der Waals surface area contributed by atoms with E-state index in [0.29, 0.717) is 18.7 Å². The van der Waals surface area contributed by atoms with E-state index in [-0.39, 0.29) is 5.76 Å². The molecule has 0 radical (unpaired) electrons. The van der Waals surface area contributed by atoms with E-state index < -0.39 is 5.60 Å². The second-order valence-electron chi connectivity index (χ2n) is 6.99. The third-order valence-corrected chi connectivity index (χ3v) is 5.24. The minimum Gasteiger partial charge on any atom is -0.451 e. The van der Waals surface area contributed by atoms with Crippen molar-refractivity contribution in [2.45, 2.75) is 12.0 Å². The average Bonchev–Trinajstić information content (AvgIpc) is 3.18. The summed E-state index contributed by atoms with van der Waals surface area (Å²) in [5.41, 5.74) is 9.53. The van der Waals surface area contributed by atoms with Crippen LogP contribution in [0.3, 0.4) is 0 Å². The Labute approximate surface area is 176 Å². The van der Waals surface area contributed by atoms with Crippen molar-refractivity contribution < 1.29 is 9.15 Å². The van der Waals surface area contributed by atoms with Gasteiger partial charge in [-0.1, -0.05) is 91.0 Å². The van der Waals surface area contributed by atoms with Gasteiger partial charge in [0.05, 0.1) is 18.6 Å². The third kappa shape index (κ3) is 3.59. The van der Waals surface area contributed by atoms with Crippen LogP contribution in [-0.2, 0) is 16.8 Å². The van der Waals surface area contributed by atoms with Gasteiger partial charge in [-0.2, -0.15) is 5.26 Å². The molecule has 4 heteroatoms. The molecule has 0 aliphatic carbocycles. The lowest BCUT2D eigenvalue weighted by atomic mass is 9.80. The van der Waals surface area contributed by atoms with Crippen molar-refractivity contribution in [3.05, 3.63) is 125 Å². The second-order valence-corrected chi connectivity index (χ2v) is 6.99. The van der Waals surface area contributed by atoms with Crippen molar-refractivity contribution in [3.8, 4) is 6.07 Å². The Balaban J connectivity index is 1.77. The van der Waals surface area contributed by atoms with E-state index in [4.69, 9.17) is 20.1 Å². The second kappa shape index (κ2) is 8.69. The topological polar surface area (TPSA) is 72.2 Å². The number of hydrogen-bond donors (Lipinski definition) is 1. The van der Waals surface area contributed by atoms with Crippen LogP contribution in [0.15, 0.2) is 102 Å². The summed E-state index contributed by atoms with van der Waals surface area (Å²) in [5, 5.41) is 9.08. The number of nitrogen functional groups attached to an aromatic ring is 1. The molecule has 4 aromatic rings. The van der Waals surface area contributed by atoms with Crippen molar-refractivity contribution in [1.29, 1.82) is 5.26 Å². The van der Waals surface area contributed by atoms with E-state index in [2.05, 4.69) is 36.4 Å². The highest BCUT2D eigenvalue weighted by Crippen LogP contribution is 2.40. The maximum Gasteiger partial charge on any atom is 0.226 e. The Morgan fingerprint density at radius 3 is 1.67 bits per heavy atom.